The fourth-order valence-corrected chi connectivity index (χ4v) is 2.98. The monoisotopic (exact) mass is 399 g/mol. The zero-order valence-corrected chi connectivity index (χ0v) is 14.7. The number of halogens is 2. The summed E-state index contributed by atoms with van der Waals surface area (Å²) in [4.78, 5) is 17.1. The molecule has 0 spiro atoms. The molecule has 24 heavy (non-hydrogen) atoms. The Bertz CT molecular complexity index is 1080. The fraction of sp³-hybridized carbons (Fsp3) is 0. The van der Waals surface area contributed by atoms with Gasteiger partial charge >= 0.3 is 0 Å². The van der Waals surface area contributed by atoms with E-state index in [-0.39, 0.29) is 5.56 Å². The summed E-state index contributed by atoms with van der Waals surface area (Å²) in [5.41, 5.74) is 3.76. The average Bonchev–Trinajstić information content (AvgIpc) is 3.01. The van der Waals surface area contributed by atoms with Crippen LogP contribution in [-0.4, -0.2) is 14.6 Å². The number of hydrogen-bond acceptors (Lipinski definition) is 2. The Morgan fingerprint density at radius 1 is 1.00 bits per heavy atom. The summed E-state index contributed by atoms with van der Waals surface area (Å²) in [5, 5.41) is 3.61. The first-order valence-electron chi connectivity index (χ1n) is 7.25. The molecule has 2 aromatic carbocycles. The zero-order valence-electron chi connectivity index (χ0n) is 12.3. The minimum absolute atomic E-state index is 0.159. The van der Waals surface area contributed by atoms with Crippen molar-refractivity contribution in [2.75, 3.05) is 0 Å². The van der Waals surface area contributed by atoms with E-state index in [0.717, 1.165) is 21.2 Å². The molecule has 0 unspecified atom stereocenters. The molecule has 0 atom stereocenters. The van der Waals surface area contributed by atoms with Gasteiger partial charge in [-0.25, -0.2) is 9.50 Å². The quantitative estimate of drug-likeness (QED) is 0.527. The number of hydrogen-bond donors (Lipinski definition) is 1. The van der Waals surface area contributed by atoms with Crippen LogP contribution in [0.4, 0.5) is 0 Å². The molecule has 0 bridgehead atoms. The van der Waals surface area contributed by atoms with Gasteiger partial charge in [-0.05, 0) is 29.8 Å². The first kappa shape index (κ1) is 15.2. The Morgan fingerprint density at radius 3 is 2.38 bits per heavy atom. The molecule has 118 valence electrons. The van der Waals surface area contributed by atoms with Crippen LogP contribution >= 0.6 is 27.5 Å². The van der Waals surface area contributed by atoms with Crippen molar-refractivity contribution >= 4 is 33.2 Å². The Balaban J connectivity index is 1.93. The number of aromatic nitrogens is 3. The van der Waals surface area contributed by atoms with E-state index in [2.05, 4.69) is 26.0 Å². The molecule has 4 rings (SSSR count). The smallest absolute Gasteiger partial charge is 0.273 e. The summed E-state index contributed by atoms with van der Waals surface area (Å²) in [6.45, 7) is 0. The largest absolute Gasteiger partial charge is 0.296 e. The Labute approximate surface area is 150 Å². The number of fused-ring (bicyclic) bond motifs is 1. The van der Waals surface area contributed by atoms with Gasteiger partial charge in [0.15, 0.2) is 5.65 Å². The van der Waals surface area contributed by atoms with E-state index in [1.165, 1.54) is 10.6 Å². The normalized spacial score (nSPS) is 11.1. The summed E-state index contributed by atoms with van der Waals surface area (Å²) < 4.78 is 2.44. The van der Waals surface area contributed by atoms with E-state index in [0.29, 0.717) is 16.4 Å². The van der Waals surface area contributed by atoms with Crippen molar-refractivity contribution in [2.24, 2.45) is 0 Å². The predicted molar refractivity (Wildman–Crippen MR) is 99.4 cm³/mol. The van der Waals surface area contributed by atoms with E-state index < -0.39 is 0 Å². The fourth-order valence-electron chi connectivity index (χ4n) is 2.59. The number of benzene rings is 2. The summed E-state index contributed by atoms with van der Waals surface area (Å²) in [6.07, 6.45) is 1.79. The van der Waals surface area contributed by atoms with Crippen molar-refractivity contribution in [3.63, 3.8) is 0 Å². The third-order valence-electron chi connectivity index (χ3n) is 3.79. The lowest BCUT2D eigenvalue weighted by Gasteiger charge is -2.03. The molecule has 0 amide bonds. The minimum Gasteiger partial charge on any atom is -0.296 e. The number of rotatable bonds is 2. The topological polar surface area (TPSA) is 50.2 Å². The van der Waals surface area contributed by atoms with E-state index in [4.69, 9.17) is 11.6 Å². The van der Waals surface area contributed by atoms with Gasteiger partial charge in [-0.3, -0.25) is 9.89 Å². The van der Waals surface area contributed by atoms with E-state index in [1.807, 2.05) is 36.4 Å². The first-order valence-corrected chi connectivity index (χ1v) is 8.42. The third kappa shape index (κ3) is 2.66. The minimum atomic E-state index is -0.159. The second-order valence-electron chi connectivity index (χ2n) is 5.34. The van der Waals surface area contributed by atoms with Gasteiger partial charge in [0.1, 0.15) is 0 Å². The molecule has 4 aromatic rings. The number of nitrogens with one attached hydrogen (secondary N) is 1. The molecule has 0 aliphatic rings. The molecule has 0 aliphatic carbocycles. The van der Waals surface area contributed by atoms with Crippen LogP contribution in [0.1, 0.15) is 0 Å². The van der Waals surface area contributed by atoms with Crippen LogP contribution in [0.5, 0.6) is 0 Å². The lowest BCUT2D eigenvalue weighted by Crippen LogP contribution is -2.14. The van der Waals surface area contributed by atoms with Crippen LogP contribution < -0.4 is 5.56 Å². The number of nitrogens with zero attached hydrogens (tertiary/aromatic N) is 2. The lowest BCUT2D eigenvalue weighted by atomic mass is 10.1. The molecule has 2 aromatic heterocycles. The van der Waals surface area contributed by atoms with E-state index >= 15 is 0 Å². The van der Waals surface area contributed by atoms with Gasteiger partial charge in [-0.15, -0.1) is 0 Å². The van der Waals surface area contributed by atoms with Crippen molar-refractivity contribution in [3.05, 3.63) is 80.6 Å². The highest BCUT2D eigenvalue weighted by molar-refractivity contribution is 9.10. The molecule has 0 fully saturated rings. The molecule has 6 heteroatoms. The van der Waals surface area contributed by atoms with Gasteiger partial charge in [-0.1, -0.05) is 51.8 Å². The van der Waals surface area contributed by atoms with Crippen LogP contribution in [0.15, 0.2) is 70.1 Å². The maximum atomic E-state index is 12.4. The average molecular weight is 401 g/mol. The SMILES string of the molecule is O=c1cc(-c2ccc(Cl)cc2)nc2c(-c3ccc(Br)cc3)c[nH]n12. The summed E-state index contributed by atoms with van der Waals surface area (Å²) in [6, 6.07) is 16.7. The molecule has 0 saturated carbocycles. The summed E-state index contributed by atoms with van der Waals surface area (Å²) in [7, 11) is 0. The number of aromatic amines is 1. The van der Waals surface area contributed by atoms with Gasteiger partial charge < -0.3 is 0 Å². The Morgan fingerprint density at radius 2 is 1.67 bits per heavy atom. The molecular weight excluding hydrogens is 390 g/mol. The third-order valence-corrected chi connectivity index (χ3v) is 4.57. The maximum absolute atomic E-state index is 12.4. The number of H-pyrrole nitrogens is 1. The van der Waals surface area contributed by atoms with Crippen LogP contribution in [0.25, 0.3) is 28.0 Å². The molecule has 1 N–H and O–H groups in total. The second-order valence-corrected chi connectivity index (χ2v) is 6.69. The van der Waals surface area contributed by atoms with Gasteiger partial charge in [0.2, 0.25) is 0 Å². The molecule has 0 saturated heterocycles. The maximum Gasteiger partial charge on any atom is 0.273 e. The molecular formula is C18H11BrClN3O. The van der Waals surface area contributed by atoms with Crippen molar-refractivity contribution < 1.29 is 0 Å². The molecule has 0 radical (unpaired) electrons. The lowest BCUT2D eigenvalue weighted by molar-refractivity contribution is 0.901. The van der Waals surface area contributed by atoms with Crippen LogP contribution in [0.3, 0.4) is 0 Å². The molecule has 0 aliphatic heterocycles. The standard InChI is InChI=1S/C18H11BrClN3O/c19-13-5-1-11(2-6-13)15-10-21-23-17(24)9-16(22-18(15)23)12-3-7-14(20)8-4-12/h1-10,21H. The Kier molecular flexibility index (Phi) is 3.75. The van der Waals surface area contributed by atoms with Gasteiger partial charge in [0.25, 0.3) is 5.56 Å². The van der Waals surface area contributed by atoms with Crippen molar-refractivity contribution in [1.82, 2.24) is 14.6 Å². The van der Waals surface area contributed by atoms with Gasteiger partial charge in [0.05, 0.1) is 5.69 Å². The second kappa shape index (κ2) is 5.92. The summed E-state index contributed by atoms with van der Waals surface area (Å²) >= 11 is 9.36. The van der Waals surface area contributed by atoms with E-state index in [9.17, 15) is 4.79 Å². The predicted octanol–water partition coefficient (Wildman–Crippen LogP) is 4.77. The molecule has 2 heterocycles. The zero-order chi connectivity index (χ0) is 16.7. The van der Waals surface area contributed by atoms with Crippen molar-refractivity contribution in [2.45, 2.75) is 0 Å². The van der Waals surface area contributed by atoms with Crippen molar-refractivity contribution in [3.8, 4) is 22.4 Å². The van der Waals surface area contributed by atoms with Crippen LogP contribution in [-0.2, 0) is 0 Å². The van der Waals surface area contributed by atoms with Gasteiger partial charge in [-0.2, -0.15) is 0 Å². The van der Waals surface area contributed by atoms with Crippen molar-refractivity contribution in [1.29, 1.82) is 0 Å². The van der Waals surface area contributed by atoms with Crippen LogP contribution in [0.2, 0.25) is 5.02 Å². The highest BCUT2D eigenvalue weighted by Gasteiger charge is 2.12. The van der Waals surface area contributed by atoms with Crippen LogP contribution in [0, 0.1) is 0 Å². The van der Waals surface area contributed by atoms with Gasteiger partial charge in [0, 0.05) is 32.9 Å². The Hall–Kier alpha value is -2.37. The highest BCUT2D eigenvalue weighted by Crippen LogP contribution is 2.26. The molecule has 4 nitrogen and oxygen atoms in total. The summed E-state index contributed by atoms with van der Waals surface area (Å²) in [5.74, 6) is 0. The highest BCUT2D eigenvalue weighted by atomic mass is 79.9. The van der Waals surface area contributed by atoms with E-state index in [1.54, 1.807) is 18.3 Å². The first-order chi connectivity index (χ1) is 11.6.